The Morgan fingerprint density at radius 3 is 3.07 bits per heavy atom. The van der Waals surface area contributed by atoms with Gasteiger partial charge in [0.05, 0.1) is 19.3 Å². The minimum atomic E-state index is -0.538. The van der Waals surface area contributed by atoms with Gasteiger partial charge in [0, 0.05) is 13.2 Å². The summed E-state index contributed by atoms with van der Waals surface area (Å²) in [6.07, 6.45) is 0.694. The molecule has 14 heavy (non-hydrogen) atoms. The molecule has 5 heteroatoms. The lowest BCUT2D eigenvalue weighted by Gasteiger charge is -2.21. The first-order chi connectivity index (χ1) is 6.69. The van der Waals surface area contributed by atoms with Gasteiger partial charge in [-0.2, -0.15) is 0 Å². The van der Waals surface area contributed by atoms with Gasteiger partial charge in [-0.05, 0) is 6.42 Å². The topological polar surface area (TPSA) is 67.8 Å². The molecule has 5 nitrogen and oxygen atoms in total. The molecule has 0 aliphatic carbocycles. The largest absolute Gasteiger partial charge is 0.510 e. The second-order valence-corrected chi connectivity index (χ2v) is 3.56. The van der Waals surface area contributed by atoms with Crippen LogP contribution in [0.3, 0.4) is 0 Å². The van der Waals surface area contributed by atoms with E-state index < -0.39 is 11.5 Å². The van der Waals surface area contributed by atoms with Crippen molar-refractivity contribution in [3.63, 3.8) is 0 Å². The fraction of sp³-hybridized carbons (Fsp3) is 0.667. The molecule has 2 N–H and O–H groups in total. The number of methoxy groups -OCH3 is 1. The Morgan fingerprint density at radius 1 is 1.71 bits per heavy atom. The maximum Gasteiger partial charge on any atom is 0.338 e. The first-order valence-electron chi connectivity index (χ1n) is 4.53. The van der Waals surface area contributed by atoms with Gasteiger partial charge < -0.3 is 14.6 Å². The fourth-order valence-corrected chi connectivity index (χ4v) is 1.90. The Morgan fingerprint density at radius 2 is 2.50 bits per heavy atom. The number of carbonyl (C=O) groups is 1. The molecule has 1 unspecified atom stereocenters. The molecule has 0 aromatic heterocycles. The summed E-state index contributed by atoms with van der Waals surface area (Å²) in [6, 6.07) is 0. The van der Waals surface area contributed by atoms with Crippen LogP contribution in [0.15, 0.2) is 11.3 Å². The molecule has 0 amide bonds. The lowest BCUT2D eigenvalue weighted by atomic mass is 9.97. The predicted octanol–water partition coefficient (Wildman–Crippen LogP) is -0.266. The van der Waals surface area contributed by atoms with Crippen molar-refractivity contribution < 1.29 is 19.4 Å². The van der Waals surface area contributed by atoms with Crippen LogP contribution in [0.25, 0.3) is 0 Å². The number of ether oxygens (including phenoxy) is 2. The second kappa shape index (κ2) is 3.25. The van der Waals surface area contributed by atoms with Gasteiger partial charge in [-0.3, -0.25) is 5.32 Å². The SMILES string of the molecule is COC(=O)C1=C(O)C2(CCOC2)NC1. The summed E-state index contributed by atoms with van der Waals surface area (Å²) in [5.41, 5.74) is -0.221. The van der Waals surface area contributed by atoms with Gasteiger partial charge in [-0.1, -0.05) is 0 Å². The van der Waals surface area contributed by atoms with Gasteiger partial charge in [-0.15, -0.1) is 0 Å². The Hall–Kier alpha value is -1.07. The smallest absolute Gasteiger partial charge is 0.338 e. The average molecular weight is 199 g/mol. The molecular weight excluding hydrogens is 186 g/mol. The van der Waals surface area contributed by atoms with Crippen molar-refractivity contribution in [2.75, 3.05) is 26.9 Å². The van der Waals surface area contributed by atoms with Crippen molar-refractivity contribution >= 4 is 5.97 Å². The average Bonchev–Trinajstić information content (AvgIpc) is 2.78. The summed E-state index contributed by atoms with van der Waals surface area (Å²) in [5, 5.41) is 13.0. The van der Waals surface area contributed by atoms with E-state index in [0.717, 1.165) is 0 Å². The minimum absolute atomic E-state index is 0.0850. The number of aliphatic hydroxyl groups is 1. The van der Waals surface area contributed by atoms with Crippen molar-refractivity contribution in [2.24, 2.45) is 0 Å². The van der Waals surface area contributed by atoms with Crippen LogP contribution < -0.4 is 5.32 Å². The molecule has 2 rings (SSSR count). The van der Waals surface area contributed by atoms with E-state index in [1.165, 1.54) is 7.11 Å². The third-order valence-corrected chi connectivity index (χ3v) is 2.80. The molecule has 2 heterocycles. The van der Waals surface area contributed by atoms with E-state index in [0.29, 0.717) is 31.8 Å². The highest BCUT2D eigenvalue weighted by Crippen LogP contribution is 2.32. The Balaban J connectivity index is 2.27. The maximum absolute atomic E-state index is 11.2. The zero-order chi connectivity index (χ0) is 10.2. The van der Waals surface area contributed by atoms with Gasteiger partial charge in [-0.25, -0.2) is 4.79 Å². The van der Waals surface area contributed by atoms with Crippen LogP contribution in [0.2, 0.25) is 0 Å². The van der Waals surface area contributed by atoms with E-state index in [-0.39, 0.29) is 5.76 Å². The number of aliphatic hydroxyl groups excluding tert-OH is 1. The first-order valence-corrected chi connectivity index (χ1v) is 4.53. The summed E-state index contributed by atoms with van der Waals surface area (Å²) in [5.74, 6) is -0.388. The fourth-order valence-electron chi connectivity index (χ4n) is 1.90. The van der Waals surface area contributed by atoms with Gasteiger partial charge in [0.2, 0.25) is 0 Å². The summed E-state index contributed by atoms with van der Waals surface area (Å²) in [6.45, 7) is 1.37. The lowest BCUT2D eigenvalue weighted by Crippen LogP contribution is -2.43. The third kappa shape index (κ3) is 1.20. The maximum atomic E-state index is 11.2. The standard InChI is InChI=1S/C9H13NO4/c1-13-8(12)6-4-10-9(7(6)11)2-3-14-5-9/h10-11H,2-5H2,1H3. The molecule has 1 atom stereocenters. The van der Waals surface area contributed by atoms with Crippen LogP contribution in [-0.2, 0) is 14.3 Å². The summed E-state index contributed by atoms with van der Waals surface area (Å²) in [7, 11) is 1.30. The third-order valence-electron chi connectivity index (χ3n) is 2.80. The van der Waals surface area contributed by atoms with Crippen molar-refractivity contribution in [1.29, 1.82) is 0 Å². The second-order valence-electron chi connectivity index (χ2n) is 3.56. The van der Waals surface area contributed by atoms with Crippen LogP contribution in [0.1, 0.15) is 6.42 Å². The molecule has 0 aromatic rings. The van der Waals surface area contributed by atoms with Crippen LogP contribution in [0, 0.1) is 0 Å². The van der Waals surface area contributed by atoms with Crippen LogP contribution in [0.5, 0.6) is 0 Å². The normalized spacial score (nSPS) is 31.5. The molecule has 1 fully saturated rings. The molecule has 78 valence electrons. The molecule has 0 saturated carbocycles. The Labute approximate surface area is 81.7 Å². The zero-order valence-electron chi connectivity index (χ0n) is 8.00. The Kier molecular flexibility index (Phi) is 2.20. The van der Waals surface area contributed by atoms with Crippen molar-refractivity contribution in [1.82, 2.24) is 5.32 Å². The number of rotatable bonds is 1. The number of esters is 1. The van der Waals surface area contributed by atoms with Gasteiger partial charge >= 0.3 is 5.97 Å². The van der Waals surface area contributed by atoms with E-state index in [9.17, 15) is 9.90 Å². The lowest BCUT2D eigenvalue weighted by molar-refractivity contribution is -0.136. The van der Waals surface area contributed by atoms with E-state index in [4.69, 9.17) is 4.74 Å². The van der Waals surface area contributed by atoms with Crippen molar-refractivity contribution in [3.8, 4) is 0 Å². The number of hydrogen-bond donors (Lipinski definition) is 2. The van der Waals surface area contributed by atoms with Crippen molar-refractivity contribution in [2.45, 2.75) is 12.0 Å². The van der Waals surface area contributed by atoms with Gasteiger partial charge in [0.1, 0.15) is 11.3 Å². The highest BCUT2D eigenvalue weighted by molar-refractivity contribution is 5.90. The van der Waals surface area contributed by atoms with E-state index in [1.54, 1.807) is 0 Å². The molecule has 1 spiro atoms. The molecule has 0 radical (unpaired) electrons. The minimum Gasteiger partial charge on any atom is -0.510 e. The highest BCUT2D eigenvalue weighted by atomic mass is 16.5. The highest BCUT2D eigenvalue weighted by Gasteiger charge is 2.46. The van der Waals surface area contributed by atoms with E-state index in [2.05, 4.69) is 10.1 Å². The summed E-state index contributed by atoms with van der Waals surface area (Å²) < 4.78 is 9.78. The molecule has 1 saturated heterocycles. The first kappa shape index (κ1) is 9.48. The summed E-state index contributed by atoms with van der Waals surface area (Å²) >= 11 is 0. The van der Waals surface area contributed by atoms with E-state index in [1.807, 2.05) is 0 Å². The molecule has 2 aliphatic heterocycles. The quantitative estimate of drug-likeness (QED) is 0.569. The van der Waals surface area contributed by atoms with Gasteiger partial charge in [0.15, 0.2) is 0 Å². The number of nitrogens with one attached hydrogen (secondary N) is 1. The monoisotopic (exact) mass is 199 g/mol. The van der Waals surface area contributed by atoms with Crippen LogP contribution in [-0.4, -0.2) is 43.5 Å². The van der Waals surface area contributed by atoms with Crippen LogP contribution in [0.4, 0.5) is 0 Å². The van der Waals surface area contributed by atoms with E-state index >= 15 is 0 Å². The molecule has 2 aliphatic rings. The molecule has 0 bridgehead atoms. The predicted molar refractivity (Wildman–Crippen MR) is 47.8 cm³/mol. The zero-order valence-corrected chi connectivity index (χ0v) is 8.00. The summed E-state index contributed by atoms with van der Waals surface area (Å²) in [4.78, 5) is 11.2. The Bertz CT molecular complexity index is 291. The van der Waals surface area contributed by atoms with Gasteiger partial charge in [0.25, 0.3) is 0 Å². The molecular formula is C9H13NO4. The van der Waals surface area contributed by atoms with Crippen LogP contribution >= 0.6 is 0 Å². The van der Waals surface area contributed by atoms with Crippen molar-refractivity contribution in [3.05, 3.63) is 11.3 Å². The number of hydrogen-bond acceptors (Lipinski definition) is 5. The molecule has 0 aromatic carbocycles. The number of carbonyl (C=O) groups excluding carboxylic acids is 1.